The highest BCUT2D eigenvalue weighted by Crippen LogP contribution is 2.60. The fourth-order valence-electron chi connectivity index (χ4n) is 1.28. The molecule has 0 fully saturated rings. The van der Waals surface area contributed by atoms with E-state index in [-0.39, 0.29) is 0 Å². The summed E-state index contributed by atoms with van der Waals surface area (Å²) >= 11 is 0. The number of benzene rings is 1. The minimum Gasteiger partial charge on any atom is -0.310 e. The summed E-state index contributed by atoms with van der Waals surface area (Å²) in [6.07, 6.45) is 1.38. The number of carbonyl (C=O) groups excluding carboxylic acids is 1. The third-order valence-electron chi connectivity index (χ3n) is 2.08. The van der Waals surface area contributed by atoms with Crippen LogP contribution in [0.2, 0.25) is 0 Å². The summed E-state index contributed by atoms with van der Waals surface area (Å²) in [5.41, 5.74) is 0.581. The molecule has 5 nitrogen and oxygen atoms in total. The SMILES string of the molecule is COP(=O)(OC)C(N=C=O)c1ccccc1. The van der Waals surface area contributed by atoms with E-state index in [1.807, 2.05) is 0 Å². The van der Waals surface area contributed by atoms with Crippen molar-refractivity contribution >= 4 is 13.7 Å². The standard InChI is InChI=1S/C10H12NO4P/c1-14-16(13,15-2)10(11-8-12)9-6-4-3-5-7-9/h3-7,10H,1-2H3. The lowest BCUT2D eigenvalue weighted by atomic mass is 10.2. The molecule has 0 aliphatic rings. The van der Waals surface area contributed by atoms with Crippen molar-refractivity contribution in [1.29, 1.82) is 0 Å². The predicted octanol–water partition coefficient (Wildman–Crippen LogP) is 2.51. The summed E-state index contributed by atoms with van der Waals surface area (Å²) in [6.45, 7) is 0. The molecule has 0 aliphatic heterocycles. The molecule has 0 heterocycles. The van der Waals surface area contributed by atoms with Crippen LogP contribution in [-0.2, 0) is 18.4 Å². The molecule has 1 rings (SSSR count). The van der Waals surface area contributed by atoms with Crippen LogP contribution in [0.5, 0.6) is 0 Å². The van der Waals surface area contributed by atoms with Gasteiger partial charge in [-0.25, -0.2) is 4.79 Å². The molecule has 1 atom stereocenters. The summed E-state index contributed by atoms with van der Waals surface area (Å²) in [6, 6.07) is 8.68. The highest BCUT2D eigenvalue weighted by atomic mass is 31.2. The van der Waals surface area contributed by atoms with Crippen LogP contribution >= 0.6 is 7.60 Å². The van der Waals surface area contributed by atoms with E-state index >= 15 is 0 Å². The van der Waals surface area contributed by atoms with Gasteiger partial charge in [0.05, 0.1) is 0 Å². The highest BCUT2D eigenvalue weighted by molar-refractivity contribution is 7.54. The Morgan fingerprint density at radius 1 is 1.25 bits per heavy atom. The first-order chi connectivity index (χ1) is 7.68. The summed E-state index contributed by atoms with van der Waals surface area (Å²) < 4.78 is 21.8. The van der Waals surface area contributed by atoms with E-state index in [0.29, 0.717) is 5.56 Å². The third kappa shape index (κ3) is 2.65. The second-order valence-electron chi connectivity index (χ2n) is 2.91. The summed E-state index contributed by atoms with van der Waals surface area (Å²) in [7, 11) is -0.958. The molecule has 0 N–H and O–H groups in total. The number of rotatable bonds is 5. The van der Waals surface area contributed by atoms with Gasteiger partial charge in [0.15, 0.2) is 5.78 Å². The molecule has 1 unspecified atom stereocenters. The Morgan fingerprint density at radius 3 is 2.25 bits per heavy atom. The van der Waals surface area contributed by atoms with Crippen LogP contribution in [0.25, 0.3) is 0 Å². The third-order valence-corrected chi connectivity index (χ3v) is 4.11. The molecule has 0 saturated carbocycles. The zero-order chi connectivity index (χ0) is 12.0. The van der Waals surface area contributed by atoms with Crippen LogP contribution in [0, 0.1) is 0 Å². The minimum atomic E-state index is -3.46. The molecule has 1 aromatic rings. The molecule has 6 heteroatoms. The maximum absolute atomic E-state index is 12.1. The van der Waals surface area contributed by atoms with Gasteiger partial charge in [0, 0.05) is 14.2 Å². The van der Waals surface area contributed by atoms with Crippen LogP contribution in [0.3, 0.4) is 0 Å². The monoisotopic (exact) mass is 241 g/mol. The van der Waals surface area contributed by atoms with Crippen molar-refractivity contribution in [3.05, 3.63) is 35.9 Å². The lowest BCUT2D eigenvalue weighted by Crippen LogP contribution is -2.01. The molecular weight excluding hydrogens is 229 g/mol. The van der Waals surface area contributed by atoms with E-state index < -0.39 is 13.4 Å². The Balaban J connectivity index is 3.20. The van der Waals surface area contributed by atoms with Gasteiger partial charge in [-0.05, 0) is 5.56 Å². The Morgan fingerprint density at radius 2 is 1.81 bits per heavy atom. The summed E-state index contributed by atoms with van der Waals surface area (Å²) in [5.74, 6) is -0.971. The molecule has 86 valence electrons. The second-order valence-corrected chi connectivity index (χ2v) is 5.21. The van der Waals surface area contributed by atoms with Crippen molar-refractivity contribution in [1.82, 2.24) is 0 Å². The van der Waals surface area contributed by atoms with Crippen molar-refractivity contribution in [2.24, 2.45) is 4.99 Å². The smallest absolute Gasteiger partial charge is 0.310 e. The number of isocyanates is 1. The summed E-state index contributed by atoms with van der Waals surface area (Å²) in [4.78, 5) is 13.8. The Hall–Kier alpha value is -1.25. The van der Waals surface area contributed by atoms with Gasteiger partial charge in [0.2, 0.25) is 6.08 Å². The lowest BCUT2D eigenvalue weighted by Gasteiger charge is -2.19. The van der Waals surface area contributed by atoms with Gasteiger partial charge in [-0.3, -0.25) is 4.57 Å². The van der Waals surface area contributed by atoms with Crippen LogP contribution < -0.4 is 0 Å². The maximum atomic E-state index is 12.1. The van der Waals surface area contributed by atoms with Crippen molar-refractivity contribution < 1.29 is 18.4 Å². The molecular formula is C10H12NO4P. The number of hydrogen-bond acceptors (Lipinski definition) is 5. The van der Waals surface area contributed by atoms with Crippen LogP contribution in [0.4, 0.5) is 0 Å². The molecule has 1 aromatic carbocycles. The van der Waals surface area contributed by atoms with Gasteiger partial charge in [-0.2, -0.15) is 4.99 Å². The Labute approximate surface area is 93.6 Å². The topological polar surface area (TPSA) is 65.0 Å². The fourth-order valence-corrected chi connectivity index (χ4v) is 2.55. The Bertz CT molecular complexity index is 420. The Kier molecular flexibility index (Phi) is 4.59. The first-order valence-electron chi connectivity index (χ1n) is 4.51. The van der Waals surface area contributed by atoms with Gasteiger partial charge in [0.1, 0.15) is 0 Å². The molecule has 16 heavy (non-hydrogen) atoms. The van der Waals surface area contributed by atoms with E-state index in [9.17, 15) is 9.36 Å². The molecule has 0 aromatic heterocycles. The maximum Gasteiger partial charge on any atom is 0.359 e. The molecule has 0 amide bonds. The molecule has 0 spiro atoms. The van der Waals surface area contributed by atoms with Gasteiger partial charge >= 0.3 is 7.60 Å². The van der Waals surface area contributed by atoms with Crippen molar-refractivity contribution in [3.63, 3.8) is 0 Å². The molecule has 0 radical (unpaired) electrons. The summed E-state index contributed by atoms with van der Waals surface area (Å²) in [5, 5.41) is 0. The molecule has 0 aliphatic carbocycles. The van der Waals surface area contributed by atoms with E-state index in [1.54, 1.807) is 30.3 Å². The normalized spacial score (nSPS) is 12.9. The van der Waals surface area contributed by atoms with Gasteiger partial charge in [-0.15, -0.1) is 0 Å². The van der Waals surface area contributed by atoms with E-state index in [1.165, 1.54) is 20.3 Å². The average molecular weight is 241 g/mol. The van der Waals surface area contributed by atoms with E-state index in [4.69, 9.17) is 9.05 Å². The van der Waals surface area contributed by atoms with Crippen molar-refractivity contribution in [2.75, 3.05) is 14.2 Å². The molecule has 0 saturated heterocycles. The van der Waals surface area contributed by atoms with E-state index in [2.05, 4.69) is 4.99 Å². The second kappa shape index (κ2) is 5.73. The lowest BCUT2D eigenvalue weighted by molar-refractivity contribution is 0.266. The quantitative estimate of drug-likeness (QED) is 0.451. The number of aliphatic imine (C=N–C) groups is 1. The predicted molar refractivity (Wildman–Crippen MR) is 58.9 cm³/mol. The van der Waals surface area contributed by atoms with Gasteiger partial charge < -0.3 is 9.05 Å². The van der Waals surface area contributed by atoms with Gasteiger partial charge in [0.25, 0.3) is 0 Å². The number of nitrogens with zero attached hydrogens (tertiary/aromatic N) is 1. The first-order valence-corrected chi connectivity index (χ1v) is 6.12. The minimum absolute atomic E-state index is 0.581. The molecule has 0 bridgehead atoms. The zero-order valence-corrected chi connectivity index (χ0v) is 9.89. The van der Waals surface area contributed by atoms with Crippen molar-refractivity contribution in [3.8, 4) is 0 Å². The van der Waals surface area contributed by atoms with Crippen molar-refractivity contribution in [2.45, 2.75) is 5.78 Å². The fraction of sp³-hybridized carbons (Fsp3) is 0.300. The number of hydrogen-bond donors (Lipinski definition) is 0. The van der Waals surface area contributed by atoms with Crippen LogP contribution in [-0.4, -0.2) is 20.3 Å². The van der Waals surface area contributed by atoms with Gasteiger partial charge in [-0.1, -0.05) is 30.3 Å². The largest absolute Gasteiger partial charge is 0.359 e. The van der Waals surface area contributed by atoms with E-state index in [0.717, 1.165) is 0 Å². The highest BCUT2D eigenvalue weighted by Gasteiger charge is 2.35. The van der Waals surface area contributed by atoms with Crippen LogP contribution in [0.15, 0.2) is 35.3 Å². The average Bonchev–Trinajstić information content (AvgIpc) is 2.36. The zero-order valence-electron chi connectivity index (χ0n) is 8.99. The van der Waals surface area contributed by atoms with Crippen LogP contribution in [0.1, 0.15) is 11.3 Å². The first kappa shape index (κ1) is 12.8.